The molecule has 0 saturated carbocycles. The van der Waals surface area contributed by atoms with Crippen LogP contribution >= 0.6 is 0 Å². The Morgan fingerprint density at radius 1 is 0.900 bits per heavy atom. The fraction of sp³-hybridized carbons (Fsp3) is 0.474. The monoisotopic (exact) mass is 269 g/mol. The van der Waals surface area contributed by atoms with E-state index in [-0.39, 0.29) is 0 Å². The molecule has 0 amide bonds. The second-order valence-corrected chi connectivity index (χ2v) is 5.86. The van der Waals surface area contributed by atoms with E-state index in [9.17, 15) is 0 Å². The molecule has 1 heteroatoms. The molecule has 0 heterocycles. The third kappa shape index (κ3) is 3.40. The van der Waals surface area contributed by atoms with E-state index in [0.717, 1.165) is 5.92 Å². The molecule has 0 radical (unpaired) electrons. The van der Waals surface area contributed by atoms with Crippen LogP contribution in [-0.2, 0) is 0 Å². The molecule has 108 valence electrons. The molecule has 2 rings (SSSR count). The van der Waals surface area contributed by atoms with E-state index < -0.39 is 0 Å². The van der Waals surface area contributed by atoms with Crippen LogP contribution in [0, 0.1) is 5.92 Å². The van der Waals surface area contributed by atoms with Crippen molar-refractivity contribution in [2.24, 2.45) is 5.92 Å². The van der Waals surface area contributed by atoms with Crippen molar-refractivity contribution in [2.45, 2.75) is 52.6 Å². The van der Waals surface area contributed by atoms with Crippen LogP contribution in [0.2, 0.25) is 0 Å². The number of nitrogens with one attached hydrogen (secondary N) is 1. The van der Waals surface area contributed by atoms with E-state index in [0.29, 0.717) is 12.1 Å². The summed E-state index contributed by atoms with van der Waals surface area (Å²) in [6.45, 7) is 9.15. The van der Waals surface area contributed by atoms with Crippen LogP contribution < -0.4 is 5.32 Å². The maximum atomic E-state index is 3.76. The van der Waals surface area contributed by atoms with Crippen molar-refractivity contribution in [1.82, 2.24) is 5.32 Å². The minimum Gasteiger partial charge on any atom is -0.307 e. The molecule has 0 spiro atoms. The normalized spacial score (nSPS) is 14.7. The van der Waals surface area contributed by atoms with E-state index >= 15 is 0 Å². The maximum absolute atomic E-state index is 3.76. The second-order valence-electron chi connectivity index (χ2n) is 5.86. The number of rotatable bonds is 6. The molecule has 0 bridgehead atoms. The summed E-state index contributed by atoms with van der Waals surface area (Å²) in [5.41, 5.74) is 1.38. The summed E-state index contributed by atoms with van der Waals surface area (Å²) < 4.78 is 0. The smallest absolute Gasteiger partial charge is 0.0294 e. The average Bonchev–Trinajstić information content (AvgIpc) is 2.48. The molecule has 1 nitrogen and oxygen atoms in total. The van der Waals surface area contributed by atoms with Crippen molar-refractivity contribution < 1.29 is 0 Å². The topological polar surface area (TPSA) is 12.0 Å². The van der Waals surface area contributed by atoms with Gasteiger partial charge >= 0.3 is 0 Å². The fourth-order valence-corrected chi connectivity index (χ4v) is 3.10. The summed E-state index contributed by atoms with van der Waals surface area (Å²) in [6.07, 6.45) is 2.49. The largest absolute Gasteiger partial charge is 0.307 e. The lowest BCUT2D eigenvalue weighted by atomic mass is 9.94. The van der Waals surface area contributed by atoms with Crippen LogP contribution in [0.15, 0.2) is 42.5 Å². The summed E-state index contributed by atoms with van der Waals surface area (Å²) >= 11 is 0. The average molecular weight is 269 g/mol. The number of benzene rings is 2. The lowest BCUT2D eigenvalue weighted by molar-refractivity contribution is 0.330. The minimum atomic E-state index is 0.398. The summed E-state index contributed by atoms with van der Waals surface area (Å²) in [5.74, 6) is 0.762. The van der Waals surface area contributed by atoms with Gasteiger partial charge in [0, 0.05) is 12.1 Å². The first-order valence-electron chi connectivity index (χ1n) is 7.90. The van der Waals surface area contributed by atoms with E-state index in [1.165, 1.54) is 29.2 Å². The standard InChI is InChI=1S/C19H27N/c1-5-16(6-2)14(3)20-15(4)18-12-11-17-9-7-8-10-19(17)13-18/h7-16,20H,5-6H2,1-4H3. The van der Waals surface area contributed by atoms with Crippen LogP contribution in [-0.4, -0.2) is 6.04 Å². The molecule has 0 aromatic heterocycles. The van der Waals surface area contributed by atoms with Gasteiger partial charge in [-0.1, -0.05) is 63.1 Å². The molecule has 2 aromatic rings. The minimum absolute atomic E-state index is 0.398. The predicted octanol–water partition coefficient (Wildman–Crippen LogP) is 5.32. The molecule has 0 fully saturated rings. The highest BCUT2D eigenvalue weighted by molar-refractivity contribution is 5.83. The van der Waals surface area contributed by atoms with Gasteiger partial charge in [-0.2, -0.15) is 0 Å². The Morgan fingerprint density at radius 3 is 2.20 bits per heavy atom. The zero-order valence-electron chi connectivity index (χ0n) is 13.2. The lowest BCUT2D eigenvalue weighted by Crippen LogP contribution is -2.34. The Kier molecular flexibility index (Phi) is 5.19. The maximum Gasteiger partial charge on any atom is 0.0294 e. The highest BCUT2D eigenvalue weighted by Crippen LogP contribution is 2.22. The number of fused-ring (bicyclic) bond motifs is 1. The van der Waals surface area contributed by atoms with Crippen LogP contribution in [0.4, 0.5) is 0 Å². The third-order valence-corrected chi connectivity index (χ3v) is 4.54. The van der Waals surface area contributed by atoms with Gasteiger partial charge in [-0.05, 0) is 42.2 Å². The number of hydrogen-bond acceptors (Lipinski definition) is 1. The molecule has 2 aromatic carbocycles. The van der Waals surface area contributed by atoms with Gasteiger partial charge in [0.25, 0.3) is 0 Å². The summed E-state index contributed by atoms with van der Waals surface area (Å²) in [6, 6.07) is 16.3. The molecule has 0 aliphatic carbocycles. The Labute approximate surface area is 123 Å². The van der Waals surface area contributed by atoms with Gasteiger partial charge < -0.3 is 5.32 Å². The van der Waals surface area contributed by atoms with E-state index in [1.54, 1.807) is 0 Å². The first kappa shape index (κ1) is 15.1. The molecule has 0 saturated heterocycles. The van der Waals surface area contributed by atoms with E-state index in [1.807, 2.05) is 0 Å². The quantitative estimate of drug-likeness (QED) is 0.749. The fourth-order valence-electron chi connectivity index (χ4n) is 3.10. The lowest BCUT2D eigenvalue weighted by Gasteiger charge is -2.26. The second kappa shape index (κ2) is 6.90. The predicted molar refractivity (Wildman–Crippen MR) is 89.0 cm³/mol. The third-order valence-electron chi connectivity index (χ3n) is 4.54. The van der Waals surface area contributed by atoms with Gasteiger partial charge in [-0.25, -0.2) is 0 Å². The first-order valence-corrected chi connectivity index (χ1v) is 7.90. The highest BCUT2D eigenvalue weighted by Gasteiger charge is 2.16. The molecule has 1 N–H and O–H groups in total. The van der Waals surface area contributed by atoms with Gasteiger partial charge in [0.1, 0.15) is 0 Å². The zero-order valence-corrected chi connectivity index (χ0v) is 13.2. The van der Waals surface area contributed by atoms with Crippen LogP contribution in [0.1, 0.15) is 52.1 Å². The van der Waals surface area contributed by atoms with Gasteiger partial charge in [0.15, 0.2) is 0 Å². The van der Waals surface area contributed by atoms with E-state index in [2.05, 4.69) is 75.5 Å². The van der Waals surface area contributed by atoms with Crippen molar-refractivity contribution in [2.75, 3.05) is 0 Å². The molecular weight excluding hydrogens is 242 g/mol. The van der Waals surface area contributed by atoms with Crippen molar-refractivity contribution in [1.29, 1.82) is 0 Å². The van der Waals surface area contributed by atoms with Crippen LogP contribution in [0.5, 0.6) is 0 Å². The van der Waals surface area contributed by atoms with Gasteiger partial charge in [0.05, 0.1) is 0 Å². The summed E-state index contributed by atoms with van der Waals surface area (Å²) in [5, 5.41) is 6.41. The zero-order chi connectivity index (χ0) is 14.5. The summed E-state index contributed by atoms with van der Waals surface area (Å²) in [4.78, 5) is 0. The van der Waals surface area contributed by atoms with E-state index in [4.69, 9.17) is 0 Å². The highest BCUT2D eigenvalue weighted by atomic mass is 14.9. The molecule has 20 heavy (non-hydrogen) atoms. The molecule has 0 aliphatic rings. The Bertz CT molecular complexity index is 542. The van der Waals surface area contributed by atoms with Crippen molar-refractivity contribution >= 4 is 10.8 Å². The van der Waals surface area contributed by atoms with Crippen molar-refractivity contribution in [3.8, 4) is 0 Å². The SMILES string of the molecule is CCC(CC)C(C)NC(C)c1ccc2ccccc2c1. The number of hydrogen-bond donors (Lipinski definition) is 1. The summed E-state index contributed by atoms with van der Waals surface area (Å²) in [7, 11) is 0. The van der Waals surface area contributed by atoms with Crippen LogP contribution in [0.25, 0.3) is 10.8 Å². The first-order chi connectivity index (χ1) is 9.65. The Morgan fingerprint density at radius 2 is 1.55 bits per heavy atom. The van der Waals surface area contributed by atoms with Gasteiger partial charge in [0.2, 0.25) is 0 Å². The Balaban J connectivity index is 2.12. The van der Waals surface area contributed by atoms with Crippen LogP contribution in [0.3, 0.4) is 0 Å². The Hall–Kier alpha value is -1.34. The van der Waals surface area contributed by atoms with Gasteiger partial charge in [-0.3, -0.25) is 0 Å². The molecule has 2 atom stereocenters. The van der Waals surface area contributed by atoms with Crippen molar-refractivity contribution in [3.63, 3.8) is 0 Å². The van der Waals surface area contributed by atoms with Gasteiger partial charge in [-0.15, -0.1) is 0 Å². The molecule has 2 unspecified atom stereocenters. The van der Waals surface area contributed by atoms with Crippen molar-refractivity contribution in [3.05, 3.63) is 48.0 Å². The molecule has 0 aliphatic heterocycles. The molecular formula is C19H27N.